The quantitative estimate of drug-likeness (QED) is 0.844. The van der Waals surface area contributed by atoms with Crippen LogP contribution in [0.4, 0.5) is 4.39 Å². The van der Waals surface area contributed by atoms with Crippen LogP contribution in [0.1, 0.15) is 22.8 Å². The van der Waals surface area contributed by atoms with Gasteiger partial charge in [-0.05, 0) is 36.8 Å². The lowest BCUT2D eigenvalue weighted by molar-refractivity contribution is 0.0914. The van der Waals surface area contributed by atoms with Crippen LogP contribution in [0.15, 0.2) is 54.6 Å². The highest BCUT2D eigenvalue weighted by molar-refractivity contribution is 9.09. The number of nitrogens with one attached hydrogen (secondary N) is 1. The Balaban J connectivity index is 2.22. The Morgan fingerprint density at radius 3 is 2.30 bits per heavy atom. The predicted molar refractivity (Wildman–Crippen MR) is 81.5 cm³/mol. The third-order valence-electron chi connectivity index (χ3n) is 3.17. The maximum absolute atomic E-state index is 12.9. The summed E-state index contributed by atoms with van der Waals surface area (Å²) in [6, 6.07) is 15.2. The van der Waals surface area contributed by atoms with Crippen LogP contribution in [0.25, 0.3) is 0 Å². The zero-order valence-corrected chi connectivity index (χ0v) is 12.7. The van der Waals surface area contributed by atoms with E-state index >= 15 is 0 Å². The van der Waals surface area contributed by atoms with Gasteiger partial charge in [0.2, 0.25) is 0 Å². The van der Waals surface area contributed by atoms with Crippen molar-refractivity contribution in [2.24, 2.45) is 0 Å². The number of carbonyl (C=O) groups excluding carboxylic acids is 1. The number of carbonyl (C=O) groups is 1. The van der Waals surface area contributed by atoms with E-state index in [9.17, 15) is 9.18 Å². The Kier molecular flexibility index (Phi) is 4.55. The van der Waals surface area contributed by atoms with Gasteiger partial charge < -0.3 is 5.32 Å². The topological polar surface area (TPSA) is 29.1 Å². The van der Waals surface area contributed by atoms with Gasteiger partial charge in [-0.15, -0.1) is 0 Å². The van der Waals surface area contributed by atoms with E-state index in [1.54, 1.807) is 0 Å². The number of hydrogen-bond acceptors (Lipinski definition) is 1. The van der Waals surface area contributed by atoms with Gasteiger partial charge in [-0.2, -0.15) is 0 Å². The van der Waals surface area contributed by atoms with Gasteiger partial charge in [0.25, 0.3) is 5.91 Å². The molecule has 0 saturated carbocycles. The predicted octanol–water partition coefficient (Wildman–Crippen LogP) is 3.87. The molecule has 0 spiro atoms. The lowest BCUT2D eigenvalue weighted by Crippen LogP contribution is -2.44. The van der Waals surface area contributed by atoms with Crippen LogP contribution >= 0.6 is 15.9 Å². The SMILES string of the molecule is CC(CBr)(NC(=O)c1ccc(F)cc1)c1ccccc1. The molecule has 0 aliphatic rings. The van der Waals surface area contributed by atoms with E-state index in [0.29, 0.717) is 10.9 Å². The van der Waals surface area contributed by atoms with Crippen LogP contribution < -0.4 is 5.32 Å². The van der Waals surface area contributed by atoms with Gasteiger partial charge in [0, 0.05) is 10.9 Å². The number of amides is 1. The minimum absolute atomic E-state index is 0.226. The van der Waals surface area contributed by atoms with E-state index in [2.05, 4.69) is 21.2 Å². The van der Waals surface area contributed by atoms with Gasteiger partial charge in [-0.1, -0.05) is 46.3 Å². The van der Waals surface area contributed by atoms with Crippen LogP contribution in [-0.4, -0.2) is 11.2 Å². The molecule has 0 fully saturated rings. The van der Waals surface area contributed by atoms with Crippen molar-refractivity contribution in [2.45, 2.75) is 12.5 Å². The second-order valence-corrected chi connectivity index (χ2v) is 5.35. The van der Waals surface area contributed by atoms with Gasteiger partial charge in [0.15, 0.2) is 0 Å². The first-order valence-corrected chi connectivity index (χ1v) is 7.37. The molecular formula is C16H15BrFNO. The molecular weight excluding hydrogens is 321 g/mol. The summed E-state index contributed by atoms with van der Waals surface area (Å²) in [4.78, 5) is 12.2. The molecule has 2 aromatic rings. The number of rotatable bonds is 4. The molecule has 0 bridgehead atoms. The van der Waals surface area contributed by atoms with Crippen LogP contribution in [0.3, 0.4) is 0 Å². The fraction of sp³-hybridized carbons (Fsp3) is 0.188. The van der Waals surface area contributed by atoms with Crippen molar-refractivity contribution in [1.29, 1.82) is 0 Å². The monoisotopic (exact) mass is 335 g/mol. The summed E-state index contributed by atoms with van der Waals surface area (Å²) >= 11 is 3.45. The molecule has 1 unspecified atom stereocenters. The number of alkyl halides is 1. The molecule has 0 aliphatic carbocycles. The highest BCUT2D eigenvalue weighted by Crippen LogP contribution is 2.23. The van der Waals surface area contributed by atoms with Crippen LogP contribution in [0, 0.1) is 5.82 Å². The van der Waals surface area contributed by atoms with E-state index < -0.39 is 5.54 Å². The van der Waals surface area contributed by atoms with Gasteiger partial charge in [0.1, 0.15) is 5.82 Å². The summed E-state index contributed by atoms with van der Waals surface area (Å²) < 4.78 is 12.9. The first-order valence-electron chi connectivity index (χ1n) is 6.25. The minimum Gasteiger partial charge on any atom is -0.342 e. The largest absolute Gasteiger partial charge is 0.342 e. The lowest BCUT2D eigenvalue weighted by Gasteiger charge is -2.29. The molecule has 0 radical (unpaired) electrons. The van der Waals surface area contributed by atoms with Crippen LogP contribution in [0.5, 0.6) is 0 Å². The molecule has 0 aliphatic heterocycles. The minimum atomic E-state index is -0.521. The highest BCUT2D eigenvalue weighted by atomic mass is 79.9. The number of halogens is 2. The van der Waals surface area contributed by atoms with Crippen molar-refractivity contribution in [3.63, 3.8) is 0 Å². The van der Waals surface area contributed by atoms with Crippen molar-refractivity contribution in [3.05, 3.63) is 71.5 Å². The second kappa shape index (κ2) is 6.18. The summed E-state index contributed by atoms with van der Waals surface area (Å²) in [5.41, 5.74) is 0.925. The Hall–Kier alpha value is -1.68. The Morgan fingerprint density at radius 1 is 1.15 bits per heavy atom. The zero-order valence-electron chi connectivity index (χ0n) is 11.1. The first-order chi connectivity index (χ1) is 9.55. The fourth-order valence-corrected chi connectivity index (χ4v) is 2.38. The van der Waals surface area contributed by atoms with Crippen LogP contribution in [-0.2, 0) is 5.54 Å². The lowest BCUT2D eigenvalue weighted by atomic mass is 9.94. The normalized spacial score (nSPS) is 13.6. The second-order valence-electron chi connectivity index (χ2n) is 4.79. The van der Waals surface area contributed by atoms with E-state index in [-0.39, 0.29) is 11.7 Å². The Labute approximate surface area is 126 Å². The van der Waals surface area contributed by atoms with Gasteiger partial charge >= 0.3 is 0 Å². The molecule has 4 heteroatoms. The summed E-state index contributed by atoms with van der Waals surface area (Å²) in [5.74, 6) is -0.580. The Morgan fingerprint density at radius 2 is 1.75 bits per heavy atom. The summed E-state index contributed by atoms with van der Waals surface area (Å²) in [7, 11) is 0. The molecule has 0 heterocycles. The molecule has 2 aromatic carbocycles. The van der Waals surface area contributed by atoms with Gasteiger partial charge in [0.05, 0.1) is 5.54 Å². The van der Waals surface area contributed by atoms with Crippen molar-refractivity contribution in [2.75, 3.05) is 5.33 Å². The van der Waals surface area contributed by atoms with Crippen molar-refractivity contribution in [1.82, 2.24) is 5.32 Å². The first kappa shape index (κ1) is 14.7. The van der Waals surface area contributed by atoms with Crippen molar-refractivity contribution >= 4 is 21.8 Å². The standard InChI is InChI=1S/C16H15BrFNO/c1-16(11-17,13-5-3-2-4-6-13)19-15(20)12-7-9-14(18)10-8-12/h2-10H,11H2,1H3,(H,19,20). The highest BCUT2D eigenvalue weighted by Gasteiger charge is 2.27. The van der Waals surface area contributed by atoms with Crippen molar-refractivity contribution < 1.29 is 9.18 Å². The molecule has 2 nitrogen and oxygen atoms in total. The third-order valence-corrected chi connectivity index (χ3v) is 4.30. The number of hydrogen-bond donors (Lipinski definition) is 1. The maximum atomic E-state index is 12.9. The molecule has 1 atom stereocenters. The summed E-state index contributed by atoms with van der Waals surface area (Å²) in [6.07, 6.45) is 0. The molecule has 1 amide bonds. The zero-order chi connectivity index (χ0) is 14.6. The average molecular weight is 336 g/mol. The smallest absolute Gasteiger partial charge is 0.251 e. The summed E-state index contributed by atoms with van der Waals surface area (Å²) in [5, 5.41) is 3.57. The molecule has 0 saturated heterocycles. The van der Waals surface area contributed by atoms with E-state index in [4.69, 9.17) is 0 Å². The summed E-state index contributed by atoms with van der Waals surface area (Å²) in [6.45, 7) is 1.94. The molecule has 2 rings (SSSR count). The van der Waals surface area contributed by atoms with Crippen LogP contribution in [0.2, 0.25) is 0 Å². The van der Waals surface area contributed by atoms with E-state index in [1.807, 2.05) is 37.3 Å². The molecule has 1 N–H and O–H groups in total. The van der Waals surface area contributed by atoms with E-state index in [0.717, 1.165) is 5.56 Å². The fourth-order valence-electron chi connectivity index (χ4n) is 1.91. The number of benzene rings is 2. The Bertz CT molecular complexity index is 585. The van der Waals surface area contributed by atoms with Gasteiger partial charge in [-0.25, -0.2) is 4.39 Å². The van der Waals surface area contributed by atoms with Crippen molar-refractivity contribution in [3.8, 4) is 0 Å². The average Bonchev–Trinajstić information content (AvgIpc) is 2.48. The third kappa shape index (κ3) is 3.25. The molecule has 0 aromatic heterocycles. The van der Waals surface area contributed by atoms with Gasteiger partial charge in [-0.3, -0.25) is 4.79 Å². The molecule has 104 valence electrons. The van der Waals surface area contributed by atoms with E-state index in [1.165, 1.54) is 24.3 Å². The maximum Gasteiger partial charge on any atom is 0.251 e. The molecule has 20 heavy (non-hydrogen) atoms.